The normalized spacial score (nSPS) is 16.7. The third-order valence-electron chi connectivity index (χ3n) is 4.47. The molecule has 7 heteroatoms. The molecule has 1 fully saturated rings. The Kier molecular flexibility index (Phi) is 5.53. The zero-order valence-corrected chi connectivity index (χ0v) is 16.3. The Morgan fingerprint density at radius 3 is 2.59 bits per heavy atom. The van der Waals surface area contributed by atoms with E-state index in [1.54, 1.807) is 53.4 Å². The molecule has 0 unspecified atom stereocenters. The minimum atomic E-state index is -3.57. The highest BCUT2D eigenvalue weighted by Gasteiger charge is 2.34. The highest BCUT2D eigenvalue weighted by atomic mass is 32.2. The summed E-state index contributed by atoms with van der Waals surface area (Å²) in [6, 6.07) is 15.6. The van der Waals surface area contributed by atoms with Crippen molar-refractivity contribution in [3.63, 3.8) is 0 Å². The van der Waals surface area contributed by atoms with Crippen LogP contribution in [0.1, 0.15) is 29.8 Å². The number of nitrogens with zero attached hydrogens (tertiary/aromatic N) is 1. The van der Waals surface area contributed by atoms with Gasteiger partial charge in [-0.3, -0.25) is 9.52 Å². The van der Waals surface area contributed by atoms with Gasteiger partial charge in [0.05, 0.1) is 24.5 Å². The molecule has 2 aromatic carbocycles. The molecule has 1 N–H and O–H groups in total. The third kappa shape index (κ3) is 4.87. The van der Waals surface area contributed by atoms with Crippen LogP contribution in [0, 0.1) is 0 Å². The average molecular weight is 388 g/mol. The molecule has 1 heterocycles. The molecule has 0 radical (unpaired) electrons. The lowest BCUT2D eigenvalue weighted by Gasteiger charge is -2.42. The minimum Gasteiger partial charge on any atom is -0.377 e. The molecule has 2 aromatic rings. The minimum absolute atomic E-state index is 0.123. The first kappa shape index (κ1) is 19.4. The van der Waals surface area contributed by atoms with Crippen molar-refractivity contribution in [1.29, 1.82) is 0 Å². The van der Waals surface area contributed by atoms with E-state index in [1.807, 2.05) is 19.9 Å². The second-order valence-corrected chi connectivity index (χ2v) is 8.97. The van der Waals surface area contributed by atoms with Gasteiger partial charge < -0.3 is 9.64 Å². The van der Waals surface area contributed by atoms with Gasteiger partial charge in [0.15, 0.2) is 0 Å². The SMILES string of the molecule is CC1(C)COCCN1C(=O)c1cccc(NS(=O)(=O)Cc2ccccc2)c1. The summed E-state index contributed by atoms with van der Waals surface area (Å²) in [5, 5.41) is 0. The first-order valence-electron chi connectivity index (χ1n) is 8.81. The van der Waals surface area contributed by atoms with Gasteiger partial charge in [-0.15, -0.1) is 0 Å². The molecule has 0 aliphatic carbocycles. The van der Waals surface area contributed by atoms with Crippen LogP contribution in [0.25, 0.3) is 0 Å². The van der Waals surface area contributed by atoms with Crippen LogP contribution in [-0.2, 0) is 20.5 Å². The van der Waals surface area contributed by atoms with Crippen molar-refractivity contribution in [2.75, 3.05) is 24.5 Å². The van der Waals surface area contributed by atoms with Crippen molar-refractivity contribution in [2.24, 2.45) is 0 Å². The fourth-order valence-corrected chi connectivity index (χ4v) is 4.31. The van der Waals surface area contributed by atoms with Gasteiger partial charge in [0.25, 0.3) is 5.91 Å². The number of carbonyl (C=O) groups excluding carboxylic acids is 1. The van der Waals surface area contributed by atoms with E-state index in [9.17, 15) is 13.2 Å². The summed E-state index contributed by atoms with van der Waals surface area (Å²) in [5.74, 6) is -0.255. The fourth-order valence-electron chi connectivity index (χ4n) is 3.12. The van der Waals surface area contributed by atoms with Crippen LogP contribution in [0.5, 0.6) is 0 Å². The van der Waals surface area contributed by atoms with Gasteiger partial charge in [0.2, 0.25) is 10.0 Å². The van der Waals surface area contributed by atoms with Gasteiger partial charge >= 0.3 is 0 Å². The van der Waals surface area contributed by atoms with Crippen molar-refractivity contribution in [1.82, 2.24) is 4.90 Å². The zero-order valence-electron chi connectivity index (χ0n) is 15.5. The zero-order chi connectivity index (χ0) is 19.5. The second-order valence-electron chi connectivity index (χ2n) is 7.25. The van der Waals surface area contributed by atoms with E-state index in [-0.39, 0.29) is 11.7 Å². The standard InChI is InChI=1S/C20H24N2O4S/c1-20(2)15-26-12-11-22(20)19(23)17-9-6-10-18(13-17)21-27(24,25)14-16-7-4-3-5-8-16/h3-10,13,21H,11-12,14-15H2,1-2H3. The van der Waals surface area contributed by atoms with E-state index in [0.29, 0.717) is 36.6 Å². The molecule has 1 aliphatic rings. The first-order chi connectivity index (χ1) is 12.8. The van der Waals surface area contributed by atoms with Crippen molar-refractivity contribution in [3.8, 4) is 0 Å². The predicted molar refractivity (Wildman–Crippen MR) is 105 cm³/mol. The molecule has 144 valence electrons. The summed E-state index contributed by atoms with van der Waals surface area (Å²) in [7, 11) is -3.57. The number of nitrogens with one attached hydrogen (secondary N) is 1. The van der Waals surface area contributed by atoms with Crippen LogP contribution in [-0.4, -0.2) is 44.5 Å². The Bertz CT molecular complexity index is 911. The summed E-state index contributed by atoms with van der Waals surface area (Å²) in [6.45, 7) is 5.39. The molecule has 0 saturated carbocycles. The Hall–Kier alpha value is -2.38. The molecule has 0 bridgehead atoms. The number of rotatable bonds is 5. The van der Waals surface area contributed by atoms with E-state index in [0.717, 1.165) is 0 Å². The largest absolute Gasteiger partial charge is 0.377 e. The Morgan fingerprint density at radius 1 is 1.15 bits per heavy atom. The van der Waals surface area contributed by atoms with E-state index in [4.69, 9.17) is 4.74 Å². The summed E-state index contributed by atoms with van der Waals surface area (Å²) in [5.41, 5.74) is 1.12. The number of hydrogen-bond acceptors (Lipinski definition) is 4. The Morgan fingerprint density at radius 2 is 1.89 bits per heavy atom. The van der Waals surface area contributed by atoms with Crippen LogP contribution in [0.2, 0.25) is 0 Å². The quantitative estimate of drug-likeness (QED) is 0.855. The van der Waals surface area contributed by atoms with Gasteiger partial charge in [-0.2, -0.15) is 0 Å². The van der Waals surface area contributed by atoms with E-state index >= 15 is 0 Å². The molecule has 0 atom stereocenters. The van der Waals surface area contributed by atoms with Crippen LogP contribution >= 0.6 is 0 Å². The average Bonchev–Trinajstić information content (AvgIpc) is 2.61. The first-order valence-corrected chi connectivity index (χ1v) is 10.5. The number of benzene rings is 2. The number of carbonyl (C=O) groups is 1. The van der Waals surface area contributed by atoms with Gasteiger partial charge in [0.1, 0.15) is 0 Å². The maximum atomic E-state index is 12.9. The van der Waals surface area contributed by atoms with Crippen LogP contribution in [0.3, 0.4) is 0 Å². The molecule has 27 heavy (non-hydrogen) atoms. The Balaban J connectivity index is 1.76. The van der Waals surface area contributed by atoms with E-state index in [1.165, 1.54) is 0 Å². The number of amides is 1. The number of morpholine rings is 1. The van der Waals surface area contributed by atoms with Crippen molar-refractivity contribution in [2.45, 2.75) is 25.1 Å². The molecule has 6 nitrogen and oxygen atoms in total. The number of hydrogen-bond donors (Lipinski definition) is 1. The predicted octanol–water partition coefficient (Wildman–Crippen LogP) is 2.88. The van der Waals surface area contributed by atoms with Gasteiger partial charge in [0, 0.05) is 17.8 Å². The van der Waals surface area contributed by atoms with E-state index < -0.39 is 15.6 Å². The van der Waals surface area contributed by atoms with Crippen LogP contribution in [0.4, 0.5) is 5.69 Å². The maximum absolute atomic E-state index is 12.9. The van der Waals surface area contributed by atoms with Crippen LogP contribution in [0.15, 0.2) is 54.6 Å². The summed E-state index contributed by atoms with van der Waals surface area (Å²) < 4.78 is 32.9. The van der Waals surface area contributed by atoms with Crippen molar-refractivity contribution >= 4 is 21.6 Å². The smallest absolute Gasteiger partial charge is 0.254 e. The highest BCUT2D eigenvalue weighted by Crippen LogP contribution is 2.23. The molecule has 1 amide bonds. The molecule has 0 spiro atoms. The lowest BCUT2D eigenvalue weighted by atomic mass is 10.0. The monoisotopic (exact) mass is 388 g/mol. The number of anilines is 1. The Labute approximate surface area is 160 Å². The van der Waals surface area contributed by atoms with Gasteiger partial charge in [-0.1, -0.05) is 36.4 Å². The number of sulfonamides is 1. The summed E-state index contributed by atoms with van der Waals surface area (Å²) >= 11 is 0. The van der Waals surface area contributed by atoms with E-state index in [2.05, 4.69) is 4.72 Å². The summed E-state index contributed by atoms with van der Waals surface area (Å²) in [4.78, 5) is 14.7. The summed E-state index contributed by atoms with van der Waals surface area (Å²) in [6.07, 6.45) is 0. The van der Waals surface area contributed by atoms with Crippen LogP contribution < -0.4 is 4.72 Å². The lowest BCUT2D eigenvalue weighted by Crippen LogP contribution is -2.55. The van der Waals surface area contributed by atoms with Gasteiger partial charge in [-0.25, -0.2) is 8.42 Å². The van der Waals surface area contributed by atoms with Crippen molar-refractivity contribution in [3.05, 3.63) is 65.7 Å². The molecule has 1 saturated heterocycles. The number of ether oxygens (including phenoxy) is 1. The molecular weight excluding hydrogens is 364 g/mol. The molecule has 3 rings (SSSR count). The maximum Gasteiger partial charge on any atom is 0.254 e. The van der Waals surface area contributed by atoms with Crippen molar-refractivity contribution < 1.29 is 17.9 Å². The lowest BCUT2D eigenvalue weighted by molar-refractivity contribution is -0.0370. The fraction of sp³-hybridized carbons (Fsp3) is 0.350. The molecular formula is C20H24N2O4S. The highest BCUT2D eigenvalue weighted by molar-refractivity contribution is 7.91. The van der Waals surface area contributed by atoms with Gasteiger partial charge in [-0.05, 0) is 37.6 Å². The third-order valence-corrected chi connectivity index (χ3v) is 5.73. The topological polar surface area (TPSA) is 75.7 Å². The molecule has 0 aromatic heterocycles. The molecule has 1 aliphatic heterocycles. The second kappa shape index (κ2) is 7.70.